The summed E-state index contributed by atoms with van der Waals surface area (Å²) in [5.74, 6) is 6.73. The highest BCUT2D eigenvalue weighted by Gasteiger charge is 2.31. The normalized spacial score (nSPS) is 19.4. The molecule has 0 bridgehead atoms. The number of nitrogen functional groups attached to an aromatic ring is 1. The molecular formula is C21H24N4O2. The van der Waals surface area contributed by atoms with E-state index in [4.69, 9.17) is 10.3 Å². The minimum absolute atomic E-state index is 0.113. The van der Waals surface area contributed by atoms with Crippen LogP contribution in [0.4, 0.5) is 0 Å². The lowest BCUT2D eigenvalue weighted by Gasteiger charge is -2.41. The van der Waals surface area contributed by atoms with E-state index in [2.05, 4.69) is 10.00 Å². The van der Waals surface area contributed by atoms with Gasteiger partial charge < -0.3 is 15.2 Å². The van der Waals surface area contributed by atoms with E-state index in [0.29, 0.717) is 17.2 Å². The number of carbonyl (C=O) groups is 1. The van der Waals surface area contributed by atoms with Gasteiger partial charge in [0.25, 0.3) is 0 Å². The number of likely N-dealkylation sites (tertiary alicyclic amines) is 1. The first kappa shape index (κ1) is 16.6. The van der Waals surface area contributed by atoms with E-state index in [0.717, 1.165) is 48.6 Å². The Morgan fingerprint density at radius 2 is 1.96 bits per heavy atom. The monoisotopic (exact) mass is 364 g/mol. The van der Waals surface area contributed by atoms with Crippen LogP contribution in [0.2, 0.25) is 0 Å². The van der Waals surface area contributed by atoms with Crippen molar-refractivity contribution < 1.29 is 9.21 Å². The van der Waals surface area contributed by atoms with E-state index in [-0.39, 0.29) is 5.78 Å². The molecule has 0 amide bonds. The van der Waals surface area contributed by atoms with Crippen LogP contribution in [0.3, 0.4) is 0 Å². The molecule has 1 aliphatic carbocycles. The van der Waals surface area contributed by atoms with Gasteiger partial charge in [-0.05, 0) is 69.1 Å². The Morgan fingerprint density at radius 3 is 2.63 bits per heavy atom. The summed E-state index contributed by atoms with van der Waals surface area (Å²) >= 11 is 0. The average Bonchev–Trinajstić information content (AvgIpc) is 3.29. The topological polar surface area (TPSA) is 77.3 Å². The van der Waals surface area contributed by atoms with Crippen LogP contribution >= 0.6 is 0 Å². The number of hydrogen-bond acceptors (Lipinski definition) is 5. The van der Waals surface area contributed by atoms with E-state index in [9.17, 15) is 4.79 Å². The number of rotatable bonds is 4. The number of hydrogen-bond donors (Lipinski definition) is 1. The van der Waals surface area contributed by atoms with Gasteiger partial charge in [0.05, 0.1) is 17.5 Å². The summed E-state index contributed by atoms with van der Waals surface area (Å²) in [5, 5.41) is 5.61. The van der Waals surface area contributed by atoms with Crippen LogP contribution in [0.5, 0.6) is 0 Å². The molecule has 27 heavy (non-hydrogen) atoms. The highest BCUT2D eigenvalue weighted by atomic mass is 16.3. The van der Waals surface area contributed by atoms with Crippen LogP contribution in [0, 0.1) is 0 Å². The molecule has 2 N–H and O–H groups in total. The fraction of sp³-hybridized carbons (Fsp3) is 0.429. The predicted molar refractivity (Wildman–Crippen MR) is 103 cm³/mol. The van der Waals surface area contributed by atoms with Crippen molar-refractivity contribution in [3.8, 4) is 0 Å². The number of carbonyl (C=O) groups excluding carboxylic acids is 1. The van der Waals surface area contributed by atoms with Crippen LogP contribution in [-0.4, -0.2) is 39.7 Å². The van der Waals surface area contributed by atoms with Gasteiger partial charge in [-0.15, -0.1) is 0 Å². The van der Waals surface area contributed by atoms with Gasteiger partial charge in [0.2, 0.25) is 5.78 Å². The lowest BCUT2D eigenvalue weighted by Crippen LogP contribution is -2.44. The second kappa shape index (κ2) is 6.53. The van der Waals surface area contributed by atoms with E-state index in [1.165, 1.54) is 30.3 Å². The third kappa shape index (κ3) is 2.84. The fourth-order valence-electron chi connectivity index (χ4n) is 4.45. The highest BCUT2D eigenvalue weighted by Crippen LogP contribution is 2.35. The van der Waals surface area contributed by atoms with Crippen molar-refractivity contribution in [2.24, 2.45) is 0 Å². The summed E-state index contributed by atoms with van der Waals surface area (Å²) in [6.45, 7) is 2.25. The summed E-state index contributed by atoms with van der Waals surface area (Å²) in [6.07, 6.45) is 7.79. The number of benzene rings is 1. The first-order chi connectivity index (χ1) is 13.2. The van der Waals surface area contributed by atoms with Gasteiger partial charge in [0.1, 0.15) is 0 Å². The van der Waals surface area contributed by atoms with Crippen molar-refractivity contribution in [2.45, 2.75) is 44.1 Å². The molecule has 6 heteroatoms. The van der Waals surface area contributed by atoms with E-state index < -0.39 is 0 Å². The molecule has 3 heterocycles. The van der Waals surface area contributed by atoms with Crippen molar-refractivity contribution in [1.82, 2.24) is 14.8 Å². The molecule has 5 rings (SSSR count). The Kier molecular flexibility index (Phi) is 4.01. The maximum atomic E-state index is 12.6. The molecule has 0 spiro atoms. The summed E-state index contributed by atoms with van der Waals surface area (Å²) in [6, 6.07) is 9.81. The molecular weight excluding hydrogens is 340 g/mol. The summed E-state index contributed by atoms with van der Waals surface area (Å²) in [4.78, 5) is 16.7. The number of ketones is 1. The second-order valence-electron chi connectivity index (χ2n) is 7.76. The van der Waals surface area contributed by atoms with E-state index in [1.807, 2.05) is 12.1 Å². The van der Waals surface area contributed by atoms with Crippen molar-refractivity contribution in [1.29, 1.82) is 0 Å². The highest BCUT2D eigenvalue weighted by molar-refractivity contribution is 6.09. The van der Waals surface area contributed by atoms with Gasteiger partial charge in [-0.1, -0.05) is 6.42 Å². The van der Waals surface area contributed by atoms with Crippen LogP contribution < -0.4 is 5.84 Å². The van der Waals surface area contributed by atoms with Crippen LogP contribution in [-0.2, 0) is 0 Å². The Hall–Kier alpha value is -2.60. The van der Waals surface area contributed by atoms with Gasteiger partial charge >= 0.3 is 0 Å². The maximum absolute atomic E-state index is 12.6. The van der Waals surface area contributed by atoms with Crippen molar-refractivity contribution in [2.75, 3.05) is 18.9 Å². The molecule has 2 aliphatic rings. The summed E-state index contributed by atoms with van der Waals surface area (Å²) in [7, 11) is 0. The molecule has 0 atom stereocenters. The van der Waals surface area contributed by atoms with E-state index >= 15 is 0 Å². The smallest absolute Gasteiger partial charge is 0.228 e. The second-order valence-corrected chi connectivity index (χ2v) is 7.76. The molecule has 6 nitrogen and oxygen atoms in total. The first-order valence-electron chi connectivity index (χ1n) is 9.81. The molecule has 1 aromatic carbocycles. The minimum atomic E-state index is -0.113. The third-order valence-corrected chi connectivity index (χ3v) is 6.25. The first-order valence-corrected chi connectivity index (χ1v) is 9.81. The Morgan fingerprint density at radius 1 is 1.15 bits per heavy atom. The lowest BCUT2D eigenvalue weighted by molar-refractivity contribution is 0.0971. The minimum Gasteiger partial charge on any atom is -0.461 e. The van der Waals surface area contributed by atoms with Crippen LogP contribution in [0.15, 0.2) is 41.0 Å². The third-order valence-electron chi connectivity index (χ3n) is 6.25. The van der Waals surface area contributed by atoms with E-state index in [1.54, 1.807) is 18.2 Å². The van der Waals surface area contributed by atoms with Gasteiger partial charge in [0, 0.05) is 22.9 Å². The van der Waals surface area contributed by atoms with Crippen LogP contribution in [0.25, 0.3) is 10.9 Å². The SMILES string of the molecule is Nn1nc(C2CCN(C3CCC3)CC2)c2cc(C(=O)c3ccco3)ccc21. The van der Waals surface area contributed by atoms with Gasteiger partial charge in [-0.2, -0.15) is 9.89 Å². The molecule has 1 aliphatic heterocycles. The molecule has 140 valence electrons. The molecule has 3 aromatic rings. The summed E-state index contributed by atoms with van der Waals surface area (Å²) < 4.78 is 5.26. The Balaban J connectivity index is 1.44. The zero-order valence-electron chi connectivity index (χ0n) is 15.3. The van der Waals surface area contributed by atoms with Crippen molar-refractivity contribution in [3.63, 3.8) is 0 Å². The number of furan rings is 1. The van der Waals surface area contributed by atoms with Crippen molar-refractivity contribution >= 4 is 16.7 Å². The number of nitrogens with zero attached hydrogens (tertiary/aromatic N) is 3. The number of nitrogens with two attached hydrogens (primary N) is 1. The van der Waals surface area contributed by atoms with Gasteiger partial charge in [0.15, 0.2) is 5.76 Å². The van der Waals surface area contributed by atoms with Crippen molar-refractivity contribution in [3.05, 3.63) is 53.6 Å². The van der Waals surface area contributed by atoms with Gasteiger partial charge in [-0.25, -0.2) is 0 Å². The molecule has 1 saturated heterocycles. The standard InChI is InChI=1S/C21H24N4O2/c22-25-18-7-6-15(21(26)19-5-2-12-27-19)13-17(18)20(23-25)14-8-10-24(11-9-14)16-3-1-4-16/h2,5-7,12-14,16H,1,3-4,8-11,22H2. The Labute approximate surface area is 157 Å². The number of aromatic nitrogens is 2. The molecule has 1 saturated carbocycles. The molecule has 2 aromatic heterocycles. The average molecular weight is 364 g/mol. The molecule has 2 fully saturated rings. The zero-order chi connectivity index (χ0) is 18.4. The Bertz CT molecular complexity index is 964. The lowest BCUT2D eigenvalue weighted by atomic mass is 9.86. The largest absolute Gasteiger partial charge is 0.461 e. The number of piperidine rings is 1. The molecule has 0 unspecified atom stereocenters. The van der Waals surface area contributed by atoms with Crippen LogP contribution in [0.1, 0.15) is 59.8 Å². The predicted octanol–water partition coefficient (Wildman–Crippen LogP) is 3.31. The summed E-state index contributed by atoms with van der Waals surface area (Å²) in [5.41, 5.74) is 2.50. The van der Waals surface area contributed by atoms with Gasteiger partial charge in [-0.3, -0.25) is 4.79 Å². The number of fused-ring (bicyclic) bond motifs is 1. The molecule has 0 radical (unpaired) electrons. The quantitative estimate of drug-likeness (QED) is 0.568. The zero-order valence-corrected chi connectivity index (χ0v) is 15.3. The fourth-order valence-corrected chi connectivity index (χ4v) is 4.45. The maximum Gasteiger partial charge on any atom is 0.228 e.